The highest BCUT2D eigenvalue weighted by Gasteiger charge is 2.05. The zero-order chi connectivity index (χ0) is 13.0. The zero-order valence-electron chi connectivity index (χ0n) is 10.1. The van der Waals surface area contributed by atoms with Gasteiger partial charge in [-0.25, -0.2) is 4.98 Å². The van der Waals surface area contributed by atoms with Gasteiger partial charge in [-0.2, -0.15) is 0 Å². The van der Waals surface area contributed by atoms with Crippen molar-refractivity contribution in [1.29, 1.82) is 0 Å². The number of hydrogen-bond acceptors (Lipinski definition) is 2. The molecule has 4 heteroatoms. The number of rotatable bonds is 4. The lowest BCUT2D eigenvalue weighted by atomic mass is 10.2. The third-order valence-corrected chi connectivity index (χ3v) is 3.23. The van der Waals surface area contributed by atoms with E-state index < -0.39 is 0 Å². The number of hydrogen-bond donors (Lipinski definition) is 0. The minimum atomic E-state index is 0.521. The molecule has 0 bridgehead atoms. The zero-order valence-corrected chi connectivity index (χ0v) is 11.6. The molecule has 1 aromatic heterocycles. The molecule has 0 amide bonds. The third-order valence-electron chi connectivity index (χ3n) is 2.64. The van der Waals surface area contributed by atoms with Gasteiger partial charge in [-0.3, -0.25) is 4.90 Å². The Bertz CT molecular complexity index is 511. The predicted octanol–water partition coefficient (Wildman–Crippen LogP) is 4.02. The quantitative estimate of drug-likeness (QED) is 0.787. The summed E-state index contributed by atoms with van der Waals surface area (Å²) in [6, 6.07) is 11.7. The molecule has 0 aliphatic carbocycles. The molecule has 94 valence electrons. The second kappa shape index (κ2) is 6.19. The van der Waals surface area contributed by atoms with E-state index >= 15 is 0 Å². The molecule has 2 nitrogen and oxygen atoms in total. The molecule has 0 spiro atoms. The molecular weight excluding hydrogens is 267 g/mol. The van der Waals surface area contributed by atoms with Crippen molar-refractivity contribution in [2.45, 2.75) is 13.1 Å². The van der Waals surface area contributed by atoms with Crippen LogP contribution in [0, 0.1) is 0 Å². The van der Waals surface area contributed by atoms with Gasteiger partial charge in [-0.1, -0.05) is 47.5 Å². The molecule has 0 saturated heterocycles. The molecule has 0 atom stereocenters. The highest BCUT2D eigenvalue weighted by molar-refractivity contribution is 6.31. The maximum absolute atomic E-state index is 6.14. The fourth-order valence-electron chi connectivity index (χ4n) is 1.78. The lowest BCUT2D eigenvalue weighted by Gasteiger charge is -2.17. The van der Waals surface area contributed by atoms with Crippen molar-refractivity contribution in [2.24, 2.45) is 0 Å². The fourth-order valence-corrected chi connectivity index (χ4v) is 2.09. The van der Waals surface area contributed by atoms with Crippen LogP contribution in [0.3, 0.4) is 0 Å². The summed E-state index contributed by atoms with van der Waals surface area (Å²) in [5.41, 5.74) is 2.26. The van der Waals surface area contributed by atoms with Crippen LogP contribution in [0.25, 0.3) is 0 Å². The number of aromatic nitrogens is 1. The van der Waals surface area contributed by atoms with E-state index in [1.165, 1.54) is 0 Å². The highest BCUT2D eigenvalue weighted by Crippen LogP contribution is 2.17. The largest absolute Gasteiger partial charge is 0.298 e. The summed E-state index contributed by atoms with van der Waals surface area (Å²) in [7, 11) is 2.05. The summed E-state index contributed by atoms with van der Waals surface area (Å²) in [4.78, 5) is 6.26. The lowest BCUT2D eigenvalue weighted by molar-refractivity contribution is 0.319. The Morgan fingerprint density at radius 1 is 1.06 bits per heavy atom. The van der Waals surface area contributed by atoms with Crippen LogP contribution < -0.4 is 0 Å². The van der Waals surface area contributed by atoms with E-state index in [2.05, 4.69) is 16.9 Å². The van der Waals surface area contributed by atoms with Crippen LogP contribution in [-0.4, -0.2) is 16.9 Å². The van der Waals surface area contributed by atoms with Crippen LogP contribution in [0.15, 0.2) is 42.6 Å². The average molecular weight is 281 g/mol. The predicted molar refractivity (Wildman–Crippen MR) is 75.9 cm³/mol. The first-order valence-corrected chi connectivity index (χ1v) is 6.43. The van der Waals surface area contributed by atoms with Crippen LogP contribution >= 0.6 is 23.2 Å². The molecule has 0 N–H and O–H groups in total. The molecule has 1 aromatic carbocycles. The van der Waals surface area contributed by atoms with Gasteiger partial charge in [0.05, 0.1) is 0 Å². The first-order chi connectivity index (χ1) is 8.65. The van der Waals surface area contributed by atoms with Gasteiger partial charge >= 0.3 is 0 Å². The van der Waals surface area contributed by atoms with E-state index in [0.717, 1.165) is 29.2 Å². The molecule has 0 saturated carbocycles. The lowest BCUT2D eigenvalue weighted by Crippen LogP contribution is -2.17. The maximum Gasteiger partial charge on any atom is 0.129 e. The Morgan fingerprint density at radius 3 is 2.50 bits per heavy atom. The third kappa shape index (κ3) is 3.70. The molecule has 18 heavy (non-hydrogen) atoms. The monoisotopic (exact) mass is 280 g/mol. The van der Waals surface area contributed by atoms with E-state index in [1.54, 1.807) is 12.3 Å². The van der Waals surface area contributed by atoms with Crippen LogP contribution in [-0.2, 0) is 13.1 Å². The molecule has 2 rings (SSSR count). The second-order valence-electron chi connectivity index (χ2n) is 4.25. The Kier molecular flexibility index (Phi) is 4.59. The molecule has 0 aliphatic rings. The van der Waals surface area contributed by atoms with Crippen molar-refractivity contribution in [2.75, 3.05) is 7.05 Å². The van der Waals surface area contributed by atoms with Crippen molar-refractivity contribution in [1.82, 2.24) is 9.88 Å². The summed E-state index contributed by atoms with van der Waals surface area (Å²) in [5, 5.41) is 1.33. The number of nitrogens with zero attached hydrogens (tertiary/aromatic N) is 2. The van der Waals surface area contributed by atoms with Gasteiger partial charge in [0, 0.05) is 24.3 Å². The molecule has 1 heterocycles. The van der Waals surface area contributed by atoms with E-state index in [-0.39, 0.29) is 0 Å². The smallest absolute Gasteiger partial charge is 0.129 e. The Balaban J connectivity index is 1.99. The van der Waals surface area contributed by atoms with Gasteiger partial charge in [0.2, 0.25) is 0 Å². The van der Waals surface area contributed by atoms with Crippen molar-refractivity contribution >= 4 is 23.2 Å². The molecule has 0 fully saturated rings. The van der Waals surface area contributed by atoms with Crippen molar-refractivity contribution in [3.8, 4) is 0 Å². The molecular formula is C14H14Cl2N2. The summed E-state index contributed by atoms with van der Waals surface area (Å²) in [6.07, 6.45) is 1.80. The topological polar surface area (TPSA) is 16.1 Å². The van der Waals surface area contributed by atoms with Crippen molar-refractivity contribution in [3.05, 3.63) is 63.9 Å². The van der Waals surface area contributed by atoms with Gasteiger partial charge in [0.25, 0.3) is 0 Å². The number of pyridine rings is 1. The Labute approximate surface area is 117 Å². The summed E-state index contributed by atoms with van der Waals surface area (Å²) in [6.45, 7) is 1.62. The van der Waals surface area contributed by atoms with Crippen LogP contribution in [0.2, 0.25) is 10.2 Å². The summed E-state index contributed by atoms with van der Waals surface area (Å²) < 4.78 is 0. The number of halogens is 2. The molecule has 0 unspecified atom stereocenters. The highest BCUT2D eigenvalue weighted by atomic mass is 35.5. The first-order valence-electron chi connectivity index (χ1n) is 5.67. The standard InChI is InChI=1S/C14H14Cl2N2/c1-18(9-11-6-7-14(16)17-8-11)10-12-4-2-3-5-13(12)15/h2-8H,9-10H2,1H3. The molecule has 0 radical (unpaired) electrons. The van der Waals surface area contributed by atoms with Crippen LogP contribution in [0.5, 0.6) is 0 Å². The van der Waals surface area contributed by atoms with E-state index in [1.807, 2.05) is 30.3 Å². The summed E-state index contributed by atoms with van der Waals surface area (Å²) >= 11 is 11.9. The normalized spacial score (nSPS) is 10.9. The van der Waals surface area contributed by atoms with Crippen LogP contribution in [0.4, 0.5) is 0 Å². The fraction of sp³-hybridized carbons (Fsp3) is 0.214. The number of benzene rings is 1. The maximum atomic E-state index is 6.14. The average Bonchev–Trinajstić information content (AvgIpc) is 2.35. The second-order valence-corrected chi connectivity index (χ2v) is 5.05. The molecule has 2 aromatic rings. The van der Waals surface area contributed by atoms with Gasteiger partial charge in [0.15, 0.2) is 0 Å². The van der Waals surface area contributed by atoms with Gasteiger partial charge in [-0.05, 0) is 30.3 Å². The van der Waals surface area contributed by atoms with Crippen LogP contribution in [0.1, 0.15) is 11.1 Å². The minimum Gasteiger partial charge on any atom is -0.298 e. The Morgan fingerprint density at radius 2 is 1.83 bits per heavy atom. The van der Waals surface area contributed by atoms with Gasteiger partial charge in [0.1, 0.15) is 5.15 Å². The van der Waals surface area contributed by atoms with E-state index in [4.69, 9.17) is 23.2 Å². The SMILES string of the molecule is CN(Cc1ccc(Cl)nc1)Cc1ccccc1Cl. The van der Waals surface area contributed by atoms with Gasteiger partial charge < -0.3 is 0 Å². The van der Waals surface area contributed by atoms with Crippen molar-refractivity contribution in [3.63, 3.8) is 0 Å². The Hall–Kier alpha value is -1.09. The van der Waals surface area contributed by atoms with Crippen molar-refractivity contribution < 1.29 is 0 Å². The first kappa shape index (κ1) is 13.3. The minimum absolute atomic E-state index is 0.521. The van der Waals surface area contributed by atoms with E-state index in [9.17, 15) is 0 Å². The molecule has 0 aliphatic heterocycles. The van der Waals surface area contributed by atoms with Gasteiger partial charge in [-0.15, -0.1) is 0 Å². The van der Waals surface area contributed by atoms with E-state index in [0.29, 0.717) is 5.15 Å². The summed E-state index contributed by atoms with van der Waals surface area (Å²) in [5.74, 6) is 0.